The van der Waals surface area contributed by atoms with Crippen molar-refractivity contribution in [1.29, 1.82) is 0 Å². The number of aryl methyl sites for hydroxylation is 1. The highest BCUT2D eigenvalue weighted by molar-refractivity contribution is 5.98. The first kappa shape index (κ1) is 16.2. The first-order valence-corrected chi connectivity index (χ1v) is 8.95. The fourth-order valence-corrected chi connectivity index (χ4v) is 3.84. The number of pyridine rings is 2. The predicted molar refractivity (Wildman–Crippen MR) is 103 cm³/mol. The van der Waals surface area contributed by atoms with Crippen LogP contribution in [0.15, 0.2) is 49.1 Å². The zero-order valence-corrected chi connectivity index (χ0v) is 14.8. The van der Waals surface area contributed by atoms with E-state index in [1.165, 1.54) is 0 Å². The minimum absolute atomic E-state index is 0.116. The molecular formula is C21H18F2N4. The lowest BCUT2D eigenvalue weighted by Gasteiger charge is -2.21. The molecule has 136 valence electrons. The maximum atomic E-state index is 13.8. The Balaban J connectivity index is 1.69. The second kappa shape index (κ2) is 5.74. The van der Waals surface area contributed by atoms with Gasteiger partial charge in [-0.1, -0.05) is 0 Å². The van der Waals surface area contributed by atoms with E-state index in [-0.39, 0.29) is 13.0 Å². The summed E-state index contributed by atoms with van der Waals surface area (Å²) in [7, 11) is 0. The molecule has 0 radical (unpaired) electrons. The fraction of sp³-hybridized carbons (Fsp3) is 0.238. The number of hydrogen-bond acceptors (Lipinski definition) is 3. The molecule has 0 bridgehead atoms. The Hall–Kier alpha value is -3.02. The van der Waals surface area contributed by atoms with Gasteiger partial charge in [0, 0.05) is 59.8 Å². The van der Waals surface area contributed by atoms with Crippen molar-refractivity contribution >= 4 is 27.5 Å². The fourth-order valence-electron chi connectivity index (χ4n) is 3.84. The number of H-pyrrole nitrogens is 1. The van der Waals surface area contributed by atoms with E-state index in [2.05, 4.69) is 27.1 Å². The first-order valence-electron chi connectivity index (χ1n) is 8.95. The van der Waals surface area contributed by atoms with E-state index in [1.54, 1.807) is 17.3 Å². The molecule has 4 aromatic rings. The number of rotatable bonds is 2. The second-order valence-corrected chi connectivity index (χ2v) is 7.21. The van der Waals surface area contributed by atoms with Crippen LogP contribution in [0.5, 0.6) is 0 Å². The van der Waals surface area contributed by atoms with Crippen LogP contribution in [0.4, 0.5) is 14.5 Å². The quantitative estimate of drug-likeness (QED) is 0.548. The smallest absolute Gasteiger partial charge is 0.266 e. The molecule has 3 aromatic heterocycles. The summed E-state index contributed by atoms with van der Waals surface area (Å²) in [4.78, 5) is 13.6. The number of benzene rings is 1. The predicted octanol–water partition coefficient (Wildman–Crippen LogP) is 4.93. The standard InChI is InChI=1S/C21H18F2N4/c1-13-9-25-20-17(13)7-16(10-26-20)15-6-14-2-4-24-11-18(14)19(8-15)27-5-3-21(22,23)12-27/h2,4,6-11H,3,5,12H2,1H3,(H,25,26). The summed E-state index contributed by atoms with van der Waals surface area (Å²) >= 11 is 0. The Kier molecular flexibility index (Phi) is 3.44. The van der Waals surface area contributed by atoms with E-state index >= 15 is 0 Å². The molecule has 1 fully saturated rings. The Morgan fingerprint density at radius 3 is 2.81 bits per heavy atom. The highest BCUT2D eigenvalue weighted by Gasteiger charge is 2.38. The van der Waals surface area contributed by atoms with E-state index in [1.807, 2.05) is 31.5 Å². The summed E-state index contributed by atoms with van der Waals surface area (Å²) in [5.74, 6) is -2.65. The van der Waals surface area contributed by atoms with Crippen LogP contribution in [0.2, 0.25) is 0 Å². The van der Waals surface area contributed by atoms with Gasteiger partial charge >= 0.3 is 0 Å². The normalized spacial score (nSPS) is 16.5. The number of nitrogens with zero attached hydrogens (tertiary/aromatic N) is 3. The van der Waals surface area contributed by atoms with Crippen molar-refractivity contribution in [1.82, 2.24) is 15.0 Å². The summed E-state index contributed by atoms with van der Waals surface area (Å²) in [6.45, 7) is 2.12. The minimum atomic E-state index is -2.65. The maximum absolute atomic E-state index is 13.8. The Bertz CT molecular complexity index is 1170. The highest BCUT2D eigenvalue weighted by Crippen LogP contribution is 2.38. The van der Waals surface area contributed by atoms with E-state index in [0.29, 0.717) is 6.54 Å². The van der Waals surface area contributed by atoms with Crippen molar-refractivity contribution in [2.24, 2.45) is 0 Å². The average molecular weight is 364 g/mol. The zero-order valence-electron chi connectivity index (χ0n) is 14.8. The Morgan fingerprint density at radius 1 is 1.11 bits per heavy atom. The first-order chi connectivity index (χ1) is 13.0. The van der Waals surface area contributed by atoms with E-state index in [0.717, 1.165) is 44.2 Å². The molecule has 0 amide bonds. The molecule has 5 rings (SSSR count). The molecule has 27 heavy (non-hydrogen) atoms. The third-order valence-electron chi connectivity index (χ3n) is 5.32. The molecule has 4 heterocycles. The summed E-state index contributed by atoms with van der Waals surface area (Å²) < 4.78 is 27.6. The largest absolute Gasteiger partial charge is 0.365 e. The molecule has 0 aliphatic carbocycles. The lowest BCUT2D eigenvalue weighted by atomic mass is 10.0. The third-order valence-corrected chi connectivity index (χ3v) is 5.32. The number of hydrogen-bond donors (Lipinski definition) is 1. The van der Waals surface area contributed by atoms with Crippen LogP contribution in [-0.2, 0) is 0 Å². The number of halogens is 2. The lowest BCUT2D eigenvalue weighted by molar-refractivity contribution is 0.0257. The zero-order chi connectivity index (χ0) is 18.6. The van der Waals surface area contributed by atoms with Gasteiger partial charge in [0.1, 0.15) is 5.65 Å². The lowest BCUT2D eigenvalue weighted by Crippen LogP contribution is -2.25. The number of aromatic nitrogens is 3. The molecule has 1 aliphatic rings. The maximum Gasteiger partial charge on any atom is 0.266 e. The van der Waals surface area contributed by atoms with Gasteiger partial charge in [-0.15, -0.1) is 0 Å². The molecule has 1 aliphatic heterocycles. The number of anilines is 1. The van der Waals surface area contributed by atoms with Gasteiger partial charge in [0.05, 0.1) is 6.54 Å². The molecular weight excluding hydrogens is 346 g/mol. The molecule has 0 saturated carbocycles. The van der Waals surface area contributed by atoms with E-state index < -0.39 is 5.92 Å². The highest BCUT2D eigenvalue weighted by atomic mass is 19.3. The summed E-state index contributed by atoms with van der Waals surface area (Å²) in [6, 6.07) is 8.07. The number of fused-ring (bicyclic) bond motifs is 2. The van der Waals surface area contributed by atoms with Gasteiger partial charge in [-0.05, 0) is 47.7 Å². The van der Waals surface area contributed by atoms with Gasteiger partial charge in [-0.2, -0.15) is 0 Å². The molecule has 0 unspecified atom stereocenters. The number of alkyl halides is 2. The molecule has 1 aromatic carbocycles. The van der Waals surface area contributed by atoms with Crippen LogP contribution in [0.3, 0.4) is 0 Å². The van der Waals surface area contributed by atoms with Crippen LogP contribution in [0, 0.1) is 6.92 Å². The van der Waals surface area contributed by atoms with Crippen molar-refractivity contribution < 1.29 is 8.78 Å². The topological polar surface area (TPSA) is 44.8 Å². The summed E-state index contributed by atoms with van der Waals surface area (Å²) in [5, 5.41) is 2.95. The molecule has 1 saturated heterocycles. The van der Waals surface area contributed by atoms with Crippen molar-refractivity contribution in [3.8, 4) is 11.1 Å². The molecule has 4 nitrogen and oxygen atoms in total. The van der Waals surface area contributed by atoms with Gasteiger partial charge < -0.3 is 9.88 Å². The van der Waals surface area contributed by atoms with Crippen molar-refractivity contribution in [3.05, 3.63) is 54.6 Å². The van der Waals surface area contributed by atoms with Crippen LogP contribution in [0.25, 0.3) is 32.9 Å². The van der Waals surface area contributed by atoms with E-state index in [4.69, 9.17) is 0 Å². The second-order valence-electron chi connectivity index (χ2n) is 7.21. The van der Waals surface area contributed by atoms with Gasteiger partial charge in [-0.3, -0.25) is 4.98 Å². The van der Waals surface area contributed by atoms with Crippen LogP contribution >= 0.6 is 0 Å². The number of nitrogens with one attached hydrogen (secondary N) is 1. The molecule has 0 atom stereocenters. The SMILES string of the molecule is Cc1c[nH]c2ncc(-c3cc(N4CCC(F)(F)C4)c4cnccc4c3)cc12. The van der Waals surface area contributed by atoms with Crippen LogP contribution < -0.4 is 4.90 Å². The van der Waals surface area contributed by atoms with Gasteiger partial charge in [0.2, 0.25) is 0 Å². The van der Waals surface area contributed by atoms with Gasteiger partial charge in [0.25, 0.3) is 5.92 Å². The molecule has 0 spiro atoms. The molecule has 1 N–H and O–H groups in total. The summed E-state index contributed by atoms with van der Waals surface area (Å²) in [5.41, 5.74) is 4.72. The Morgan fingerprint density at radius 2 is 2.00 bits per heavy atom. The van der Waals surface area contributed by atoms with Crippen molar-refractivity contribution in [3.63, 3.8) is 0 Å². The Labute approximate surface area is 154 Å². The van der Waals surface area contributed by atoms with Gasteiger partial charge in [0.15, 0.2) is 0 Å². The van der Waals surface area contributed by atoms with Crippen molar-refractivity contribution in [2.45, 2.75) is 19.3 Å². The minimum Gasteiger partial charge on any atom is -0.365 e. The average Bonchev–Trinajstić information content (AvgIpc) is 3.22. The molecule has 6 heteroatoms. The van der Waals surface area contributed by atoms with Crippen molar-refractivity contribution in [2.75, 3.05) is 18.0 Å². The number of aromatic amines is 1. The monoisotopic (exact) mass is 364 g/mol. The van der Waals surface area contributed by atoms with Crippen LogP contribution in [-0.4, -0.2) is 34.0 Å². The van der Waals surface area contributed by atoms with Gasteiger partial charge in [-0.25, -0.2) is 13.8 Å². The third kappa shape index (κ3) is 2.72. The van der Waals surface area contributed by atoms with Crippen LogP contribution in [0.1, 0.15) is 12.0 Å². The summed E-state index contributed by atoms with van der Waals surface area (Å²) in [6.07, 6.45) is 7.12. The van der Waals surface area contributed by atoms with E-state index in [9.17, 15) is 8.78 Å².